The Morgan fingerprint density at radius 1 is 1.42 bits per heavy atom. The highest BCUT2D eigenvalue weighted by Gasteiger charge is 2.33. The summed E-state index contributed by atoms with van der Waals surface area (Å²) in [6, 6.07) is 8.85. The zero-order valence-electron chi connectivity index (χ0n) is 11.8. The first-order valence-corrected chi connectivity index (χ1v) is 6.63. The predicted octanol–water partition coefficient (Wildman–Crippen LogP) is 2.34. The minimum Gasteiger partial charge on any atom is -0.338 e. The number of nitrogens with zero attached hydrogens (tertiary/aromatic N) is 1. The molecule has 0 aliphatic carbocycles. The number of hydrogen-bond donors (Lipinski definition) is 1. The molecule has 1 aliphatic heterocycles. The fourth-order valence-electron chi connectivity index (χ4n) is 2.90. The van der Waals surface area contributed by atoms with Crippen molar-refractivity contribution in [2.75, 3.05) is 20.1 Å². The van der Waals surface area contributed by atoms with Gasteiger partial charge in [0, 0.05) is 18.5 Å². The number of nitrogens with one attached hydrogen (secondary N) is 1. The van der Waals surface area contributed by atoms with E-state index in [0.717, 1.165) is 13.0 Å². The Kier molecular flexibility index (Phi) is 5.83. The summed E-state index contributed by atoms with van der Waals surface area (Å²) in [6.07, 6.45) is 1.07. The number of halogens is 1. The van der Waals surface area contributed by atoms with Crippen molar-refractivity contribution >= 4 is 18.3 Å². The topological polar surface area (TPSA) is 32.3 Å². The molecular weight excluding hydrogens is 260 g/mol. The maximum atomic E-state index is 12.0. The van der Waals surface area contributed by atoms with Gasteiger partial charge in [0.2, 0.25) is 5.91 Å². The van der Waals surface area contributed by atoms with Crippen molar-refractivity contribution in [3.05, 3.63) is 35.4 Å². The van der Waals surface area contributed by atoms with Crippen molar-refractivity contribution in [2.24, 2.45) is 0 Å². The van der Waals surface area contributed by atoms with Crippen LogP contribution in [0.5, 0.6) is 0 Å². The number of hydrogen-bond acceptors (Lipinski definition) is 2. The molecule has 1 aromatic rings. The molecular formula is C15H23ClN2O. The van der Waals surface area contributed by atoms with Gasteiger partial charge in [0.25, 0.3) is 0 Å². The molecule has 0 spiro atoms. The van der Waals surface area contributed by atoms with Gasteiger partial charge in [0.05, 0.1) is 6.54 Å². The van der Waals surface area contributed by atoms with Crippen LogP contribution in [0.2, 0.25) is 0 Å². The standard InChI is InChI=1S/C15H22N2O.ClH/c1-11-6-4-5-7-14(11)13-8-12(2)17(10-13)15(18)9-16-3;/h4-7,12-13,16H,8-10H2,1-3H3;1H. The third-order valence-electron chi connectivity index (χ3n) is 3.85. The molecule has 1 aromatic carbocycles. The van der Waals surface area contributed by atoms with E-state index in [1.54, 1.807) is 0 Å². The number of likely N-dealkylation sites (tertiary alicyclic amines) is 1. The molecule has 2 unspecified atom stereocenters. The van der Waals surface area contributed by atoms with Crippen LogP contribution >= 0.6 is 12.4 Å². The molecule has 1 heterocycles. The largest absolute Gasteiger partial charge is 0.338 e. The van der Waals surface area contributed by atoms with Crippen LogP contribution < -0.4 is 5.32 Å². The smallest absolute Gasteiger partial charge is 0.236 e. The molecule has 0 bridgehead atoms. The SMILES string of the molecule is CNCC(=O)N1CC(c2ccccc2C)CC1C.Cl. The average Bonchev–Trinajstić information content (AvgIpc) is 2.72. The van der Waals surface area contributed by atoms with Crippen molar-refractivity contribution in [1.82, 2.24) is 10.2 Å². The lowest BCUT2D eigenvalue weighted by Gasteiger charge is -2.21. The van der Waals surface area contributed by atoms with Gasteiger partial charge in [-0.1, -0.05) is 24.3 Å². The van der Waals surface area contributed by atoms with Crippen LogP contribution in [0.25, 0.3) is 0 Å². The maximum Gasteiger partial charge on any atom is 0.236 e. The lowest BCUT2D eigenvalue weighted by atomic mass is 9.93. The lowest BCUT2D eigenvalue weighted by Crippen LogP contribution is -2.39. The molecule has 3 nitrogen and oxygen atoms in total. The summed E-state index contributed by atoms with van der Waals surface area (Å²) in [5.74, 6) is 0.697. The highest BCUT2D eigenvalue weighted by atomic mass is 35.5. The van der Waals surface area contributed by atoms with E-state index in [1.807, 2.05) is 11.9 Å². The Balaban J connectivity index is 0.00000180. The normalized spacial score (nSPS) is 22.2. The van der Waals surface area contributed by atoms with Crippen LogP contribution in [-0.2, 0) is 4.79 Å². The fourth-order valence-corrected chi connectivity index (χ4v) is 2.90. The molecule has 0 aromatic heterocycles. The third-order valence-corrected chi connectivity index (χ3v) is 3.85. The first-order valence-electron chi connectivity index (χ1n) is 6.63. The van der Waals surface area contributed by atoms with Gasteiger partial charge in [-0.15, -0.1) is 12.4 Å². The van der Waals surface area contributed by atoms with E-state index in [-0.39, 0.29) is 18.3 Å². The number of aryl methyl sites for hydroxylation is 1. The molecule has 1 amide bonds. The predicted molar refractivity (Wildman–Crippen MR) is 80.9 cm³/mol. The first kappa shape index (κ1) is 16.0. The summed E-state index contributed by atoms with van der Waals surface area (Å²) in [7, 11) is 1.82. The van der Waals surface area contributed by atoms with E-state index in [4.69, 9.17) is 0 Å². The second kappa shape index (κ2) is 6.92. The summed E-state index contributed by atoms with van der Waals surface area (Å²) in [4.78, 5) is 14.0. The Hall–Kier alpha value is -1.06. The number of carbonyl (C=O) groups excluding carboxylic acids is 1. The summed E-state index contributed by atoms with van der Waals surface area (Å²) < 4.78 is 0. The van der Waals surface area contributed by atoms with Gasteiger partial charge in [-0.05, 0) is 38.4 Å². The Labute approximate surface area is 121 Å². The second-order valence-electron chi connectivity index (χ2n) is 5.21. The monoisotopic (exact) mass is 282 g/mol. The zero-order valence-corrected chi connectivity index (χ0v) is 12.7. The van der Waals surface area contributed by atoms with Crippen molar-refractivity contribution in [3.8, 4) is 0 Å². The van der Waals surface area contributed by atoms with Crippen LogP contribution in [-0.4, -0.2) is 37.0 Å². The molecule has 0 radical (unpaired) electrons. The van der Waals surface area contributed by atoms with E-state index >= 15 is 0 Å². The van der Waals surface area contributed by atoms with E-state index in [2.05, 4.69) is 43.4 Å². The number of likely N-dealkylation sites (N-methyl/N-ethyl adjacent to an activating group) is 1. The molecule has 106 valence electrons. The quantitative estimate of drug-likeness (QED) is 0.923. The van der Waals surface area contributed by atoms with Gasteiger partial charge in [0.1, 0.15) is 0 Å². The van der Waals surface area contributed by atoms with Crippen LogP contribution in [0.4, 0.5) is 0 Å². The maximum absolute atomic E-state index is 12.0. The van der Waals surface area contributed by atoms with Crippen molar-refractivity contribution in [2.45, 2.75) is 32.2 Å². The van der Waals surface area contributed by atoms with Gasteiger partial charge >= 0.3 is 0 Å². The van der Waals surface area contributed by atoms with Gasteiger partial charge in [0.15, 0.2) is 0 Å². The Morgan fingerprint density at radius 3 is 2.74 bits per heavy atom. The minimum absolute atomic E-state index is 0. The second-order valence-corrected chi connectivity index (χ2v) is 5.21. The van der Waals surface area contributed by atoms with E-state index < -0.39 is 0 Å². The Bertz CT molecular complexity index is 436. The van der Waals surface area contributed by atoms with Crippen molar-refractivity contribution in [3.63, 3.8) is 0 Å². The number of amides is 1. The van der Waals surface area contributed by atoms with Gasteiger partial charge in [-0.25, -0.2) is 0 Å². The van der Waals surface area contributed by atoms with Crippen molar-refractivity contribution < 1.29 is 4.79 Å². The molecule has 1 N–H and O–H groups in total. The lowest BCUT2D eigenvalue weighted by molar-refractivity contribution is -0.130. The molecule has 19 heavy (non-hydrogen) atoms. The molecule has 0 saturated carbocycles. The highest BCUT2D eigenvalue weighted by molar-refractivity contribution is 5.85. The summed E-state index contributed by atoms with van der Waals surface area (Å²) in [5.41, 5.74) is 2.72. The van der Waals surface area contributed by atoms with E-state index in [0.29, 0.717) is 18.5 Å². The summed E-state index contributed by atoms with van der Waals surface area (Å²) in [6.45, 7) is 5.58. The van der Waals surface area contributed by atoms with Crippen molar-refractivity contribution in [1.29, 1.82) is 0 Å². The third kappa shape index (κ3) is 3.48. The molecule has 1 fully saturated rings. The summed E-state index contributed by atoms with van der Waals surface area (Å²) in [5, 5.41) is 2.94. The first-order chi connectivity index (χ1) is 8.63. The van der Waals surface area contributed by atoms with Gasteiger partial charge in [-0.3, -0.25) is 4.79 Å². The number of carbonyl (C=O) groups is 1. The van der Waals surface area contributed by atoms with E-state index in [1.165, 1.54) is 11.1 Å². The van der Waals surface area contributed by atoms with Crippen LogP contribution in [0.1, 0.15) is 30.4 Å². The van der Waals surface area contributed by atoms with Crippen LogP contribution in [0.3, 0.4) is 0 Å². The number of rotatable bonds is 3. The van der Waals surface area contributed by atoms with Gasteiger partial charge < -0.3 is 10.2 Å². The Morgan fingerprint density at radius 2 is 2.11 bits per heavy atom. The molecule has 2 atom stereocenters. The molecule has 1 saturated heterocycles. The molecule has 1 aliphatic rings. The van der Waals surface area contributed by atoms with Crippen LogP contribution in [0, 0.1) is 6.92 Å². The van der Waals surface area contributed by atoms with Gasteiger partial charge in [-0.2, -0.15) is 0 Å². The molecule has 4 heteroatoms. The zero-order chi connectivity index (χ0) is 13.1. The summed E-state index contributed by atoms with van der Waals surface area (Å²) >= 11 is 0. The molecule has 2 rings (SSSR count). The fraction of sp³-hybridized carbons (Fsp3) is 0.533. The van der Waals surface area contributed by atoms with E-state index in [9.17, 15) is 4.79 Å². The van der Waals surface area contributed by atoms with Crippen LogP contribution in [0.15, 0.2) is 24.3 Å². The number of benzene rings is 1. The highest BCUT2D eigenvalue weighted by Crippen LogP contribution is 2.33. The average molecular weight is 283 g/mol. The minimum atomic E-state index is 0.